The monoisotopic (exact) mass is 307 g/mol. The number of aliphatic hydroxyl groups is 1. The molecule has 4 aliphatic carbocycles. The van der Waals surface area contributed by atoms with Gasteiger partial charge >= 0.3 is 0 Å². The Morgan fingerprint density at radius 2 is 1.77 bits per heavy atom. The molecule has 4 saturated carbocycles. The van der Waals surface area contributed by atoms with E-state index in [2.05, 4.69) is 11.8 Å². The van der Waals surface area contributed by atoms with Crippen molar-refractivity contribution in [2.75, 3.05) is 26.2 Å². The third-order valence-corrected chi connectivity index (χ3v) is 6.77. The molecule has 2 atom stereocenters. The Kier molecular flexibility index (Phi) is 4.25. The van der Waals surface area contributed by atoms with E-state index in [-0.39, 0.29) is 11.7 Å². The number of hydrogen-bond donors (Lipinski definition) is 1. The topological polar surface area (TPSA) is 32.7 Å². The van der Waals surface area contributed by atoms with Crippen molar-refractivity contribution in [2.45, 2.75) is 70.0 Å². The van der Waals surface area contributed by atoms with Crippen LogP contribution in [0.5, 0.6) is 0 Å². The summed E-state index contributed by atoms with van der Waals surface area (Å²) in [6.45, 7) is 5.98. The average Bonchev–Trinajstić information content (AvgIpc) is 2.44. The van der Waals surface area contributed by atoms with Gasteiger partial charge in [0.15, 0.2) is 0 Å². The number of ether oxygens (including phenoxy) is 1. The number of β-amino-alcohol motifs (C(OH)–C–C–N with tert-alkyl or cyclic N) is 1. The van der Waals surface area contributed by atoms with E-state index in [4.69, 9.17) is 4.74 Å². The van der Waals surface area contributed by atoms with Crippen LogP contribution in [0.3, 0.4) is 0 Å². The molecule has 5 fully saturated rings. The van der Waals surface area contributed by atoms with Gasteiger partial charge in [0.2, 0.25) is 0 Å². The molecule has 0 aromatic rings. The normalized spacial score (nSPS) is 46.1. The fraction of sp³-hybridized carbons (Fsp3) is 1.00. The first-order chi connectivity index (χ1) is 10.6. The molecule has 0 spiro atoms. The molecule has 4 bridgehead atoms. The maximum Gasteiger partial charge on any atom is 0.0900 e. The second kappa shape index (κ2) is 6.07. The van der Waals surface area contributed by atoms with Crippen LogP contribution in [0.1, 0.15) is 58.3 Å². The maximum atomic E-state index is 10.4. The Labute approximate surface area is 135 Å². The zero-order valence-corrected chi connectivity index (χ0v) is 14.2. The van der Waals surface area contributed by atoms with E-state index in [0.29, 0.717) is 6.61 Å². The quantitative estimate of drug-likeness (QED) is 0.847. The summed E-state index contributed by atoms with van der Waals surface area (Å²) in [5.41, 5.74) is 0.144. The van der Waals surface area contributed by atoms with E-state index in [1.54, 1.807) is 0 Å². The number of aliphatic hydroxyl groups excluding tert-OH is 1. The maximum absolute atomic E-state index is 10.4. The van der Waals surface area contributed by atoms with Gasteiger partial charge in [0.25, 0.3) is 0 Å². The lowest BCUT2D eigenvalue weighted by Crippen LogP contribution is -2.53. The summed E-state index contributed by atoms with van der Waals surface area (Å²) in [6, 6.07) is 0. The lowest BCUT2D eigenvalue weighted by molar-refractivity contribution is -0.176. The zero-order valence-electron chi connectivity index (χ0n) is 14.2. The molecule has 1 aliphatic heterocycles. The number of likely N-dealkylation sites (tertiary alicyclic amines) is 1. The molecular weight excluding hydrogens is 274 g/mol. The standard InChI is InChI=1S/C19H33NO2/c1-14-3-2-4-20(11-14)12-18(21)13-22-19-8-15-5-16(9-19)7-17(6-15)10-19/h14-18,21H,2-13H2,1H3/t14-,15?,16?,17?,18+,19?/m0/s1. The summed E-state index contributed by atoms with van der Waals surface area (Å²) < 4.78 is 6.40. The molecule has 1 saturated heterocycles. The molecule has 0 unspecified atom stereocenters. The van der Waals surface area contributed by atoms with Gasteiger partial charge in [-0.15, -0.1) is 0 Å². The zero-order chi connectivity index (χ0) is 15.2. The molecular formula is C19H33NO2. The van der Waals surface area contributed by atoms with Gasteiger partial charge in [-0.2, -0.15) is 0 Å². The van der Waals surface area contributed by atoms with Gasteiger partial charge in [0.05, 0.1) is 18.3 Å². The smallest absolute Gasteiger partial charge is 0.0900 e. The van der Waals surface area contributed by atoms with Crippen LogP contribution < -0.4 is 0 Å². The van der Waals surface area contributed by atoms with E-state index in [1.807, 2.05) is 0 Å². The molecule has 0 radical (unpaired) electrons. The highest BCUT2D eigenvalue weighted by Crippen LogP contribution is 2.57. The third-order valence-electron chi connectivity index (χ3n) is 6.77. The van der Waals surface area contributed by atoms with Crippen LogP contribution in [0.2, 0.25) is 0 Å². The van der Waals surface area contributed by atoms with Crippen molar-refractivity contribution in [3.8, 4) is 0 Å². The number of nitrogens with zero attached hydrogens (tertiary/aromatic N) is 1. The van der Waals surface area contributed by atoms with Gasteiger partial charge in [0, 0.05) is 13.1 Å². The summed E-state index contributed by atoms with van der Waals surface area (Å²) in [5, 5.41) is 10.4. The van der Waals surface area contributed by atoms with Crippen LogP contribution in [0.25, 0.3) is 0 Å². The van der Waals surface area contributed by atoms with E-state index < -0.39 is 0 Å². The molecule has 22 heavy (non-hydrogen) atoms. The van der Waals surface area contributed by atoms with Crippen LogP contribution >= 0.6 is 0 Å². The summed E-state index contributed by atoms with van der Waals surface area (Å²) in [7, 11) is 0. The van der Waals surface area contributed by atoms with Crippen molar-refractivity contribution in [3.05, 3.63) is 0 Å². The van der Waals surface area contributed by atoms with Crippen molar-refractivity contribution in [3.63, 3.8) is 0 Å². The predicted molar refractivity (Wildman–Crippen MR) is 87.7 cm³/mol. The lowest BCUT2D eigenvalue weighted by Gasteiger charge is -2.56. The van der Waals surface area contributed by atoms with Crippen molar-refractivity contribution in [2.24, 2.45) is 23.7 Å². The molecule has 126 valence electrons. The van der Waals surface area contributed by atoms with Crippen LogP contribution in [-0.2, 0) is 4.74 Å². The number of piperidine rings is 1. The van der Waals surface area contributed by atoms with Crippen LogP contribution in [0.15, 0.2) is 0 Å². The Balaban J connectivity index is 1.27. The first kappa shape index (κ1) is 15.4. The largest absolute Gasteiger partial charge is 0.389 e. The number of rotatable bonds is 5. The van der Waals surface area contributed by atoms with E-state index in [1.165, 1.54) is 51.4 Å². The average molecular weight is 307 g/mol. The number of hydrogen-bond acceptors (Lipinski definition) is 3. The summed E-state index contributed by atoms with van der Waals surface area (Å²) in [4.78, 5) is 2.43. The van der Waals surface area contributed by atoms with Gasteiger partial charge < -0.3 is 14.7 Å². The summed E-state index contributed by atoms with van der Waals surface area (Å²) >= 11 is 0. The second-order valence-electron chi connectivity index (χ2n) is 9.07. The highest BCUT2D eigenvalue weighted by atomic mass is 16.5. The summed E-state index contributed by atoms with van der Waals surface area (Å²) in [6.07, 6.45) is 10.5. The van der Waals surface area contributed by atoms with Crippen molar-refractivity contribution in [1.29, 1.82) is 0 Å². The van der Waals surface area contributed by atoms with E-state index in [0.717, 1.165) is 43.3 Å². The van der Waals surface area contributed by atoms with Crippen molar-refractivity contribution >= 4 is 0 Å². The molecule has 3 heteroatoms. The van der Waals surface area contributed by atoms with Gasteiger partial charge in [0.1, 0.15) is 0 Å². The molecule has 0 aromatic heterocycles. The molecule has 5 aliphatic rings. The molecule has 5 rings (SSSR count). The van der Waals surface area contributed by atoms with Crippen LogP contribution in [-0.4, -0.2) is 48.0 Å². The third kappa shape index (κ3) is 3.22. The molecule has 1 heterocycles. The highest BCUT2D eigenvalue weighted by molar-refractivity contribution is 5.03. The Bertz CT molecular complexity index is 362. The van der Waals surface area contributed by atoms with Crippen molar-refractivity contribution < 1.29 is 9.84 Å². The molecule has 3 nitrogen and oxygen atoms in total. The minimum Gasteiger partial charge on any atom is -0.389 e. The first-order valence-electron chi connectivity index (χ1n) is 9.64. The van der Waals surface area contributed by atoms with Crippen LogP contribution in [0, 0.1) is 23.7 Å². The Morgan fingerprint density at radius 3 is 2.36 bits per heavy atom. The van der Waals surface area contributed by atoms with E-state index in [9.17, 15) is 5.11 Å². The highest BCUT2D eigenvalue weighted by Gasteiger charge is 2.51. The second-order valence-corrected chi connectivity index (χ2v) is 9.07. The SMILES string of the molecule is C[C@H]1CCCN(C[C@@H](O)COC23CC4CC(CC(C4)C2)C3)C1. The fourth-order valence-corrected chi connectivity index (χ4v) is 6.28. The molecule has 0 aromatic carbocycles. The van der Waals surface area contributed by atoms with Gasteiger partial charge in [-0.05, 0) is 81.6 Å². The van der Waals surface area contributed by atoms with Gasteiger partial charge in [-0.1, -0.05) is 6.92 Å². The first-order valence-corrected chi connectivity index (χ1v) is 9.64. The van der Waals surface area contributed by atoms with Gasteiger partial charge in [-0.25, -0.2) is 0 Å². The van der Waals surface area contributed by atoms with Crippen LogP contribution in [0.4, 0.5) is 0 Å². The minimum absolute atomic E-state index is 0.144. The molecule has 1 N–H and O–H groups in total. The molecule has 0 amide bonds. The lowest BCUT2D eigenvalue weighted by atomic mass is 9.54. The minimum atomic E-state index is -0.307. The summed E-state index contributed by atoms with van der Waals surface area (Å²) in [5.74, 6) is 3.55. The van der Waals surface area contributed by atoms with E-state index >= 15 is 0 Å². The van der Waals surface area contributed by atoms with Gasteiger partial charge in [-0.3, -0.25) is 0 Å². The fourth-order valence-electron chi connectivity index (χ4n) is 6.28. The van der Waals surface area contributed by atoms with Crippen molar-refractivity contribution in [1.82, 2.24) is 4.90 Å². The predicted octanol–water partition coefficient (Wildman–Crippen LogP) is 3.06. The Hall–Kier alpha value is -0.120. The Morgan fingerprint density at radius 1 is 1.14 bits per heavy atom.